The van der Waals surface area contributed by atoms with Crippen molar-refractivity contribution in [3.63, 3.8) is 0 Å². The Balaban J connectivity index is 3.42. The Kier molecular flexibility index (Phi) is 5.74. The predicted molar refractivity (Wildman–Crippen MR) is 80.5 cm³/mol. The van der Waals surface area contributed by atoms with Gasteiger partial charge in [-0.25, -0.2) is 10.0 Å². The first-order valence-corrected chi connectivity index (χ1v) is 6.83. The molecule has 1 rings (SSSR count). The van der Waals surface area contributed by atoms with E-state index in [0.29, 0.717) is 4.90 Å². The molecule has 1 aromatic carbocycles. The summed E-state index contributed by atoms with van der Waals surface area (Å²) >= 11 is 5.93. The van der Waals surface area contributed by atoms with Crippen molar-refractivity contribution >= 4 is 29.2 Å². The Morgan fingerprint density at radius 3 is 2.43 bits per heavy atom. The molecule has 0 aromatic heterocycles. The summed E-state index contributed by atoms with van der Waals surface area (Å²) in [5.41, 5.74) is -1.35. The summed E-state index contributed by atoms with van der Waals surface area (Å²) in [6.07, 6.45) is 0. The second-order valence-corrected chi connectivity index (χ2v) is 5.28. The number of rotatable bonds is 4. The molecule has 0 radical (unpaired) electrons. The van der Waals surface area contributed by atoms with Gasteiger partial charge >= 0.3 is 11.7 Å². The Morgan fingerprint density at radius 1 is 1.43 bits per heavy atom. The molecule has 3 amide bonds. The summed E-state index contributed by atoms with van der Waals surface area (Å²) in [6.45, 7) is 3.39. The van der Waals surface area contributed by atoms with Crippen LogP contribution in [0.4, 0.5) is 10.5 Å². The number of carbonyl (C=O) groups is 2. The molecule has 10 heteroatoms. The van der Waals surface area contributed by atoms with E-state index in [4.69, 9.17) is 16.3 Å². The lowest BCUT2D eigenvalue weighted by atomic mass is 10.1. The largest absolute Gasteiger partial charge is 0.499 e. The molecular formula is C13H17ClN3O6+. The van der Waals surface area contributed by atoms with Crippen LogP contribution >= 0.6 is 11.6 Å². The number of methoxy groups -OCH3 is 1. The number of hydrogen-bond donors (Lipinski definition) is 3. The quantitative estimate of drug-likeness (QED) is 0.718. The number of ether oxygens (including phenoxy) is 1. The summed E-state index contributed by atoms with van der Waals surface area (Å²) in [7, 11) is 2.36. The first-order valence-electron chi connectivity index (χ1n) is 6.45. The van der Waals surface area contributed by atoms with Gasteiger partial charge in [0.15, 0.2) is 5.75 Å². The lowest BCUT2D eigenvalue weighted by Gasteiger charge is -2.18. The maximum Gasteiger partial charge on any atom is 0.375 e. The standard InChI is InChI=1S/C13H16ClN3O6/c1-6(2)15-13(20)16(3)12(19)9-7(14)5-8(23-4)11(18)10(9)17(21)22/h5-6H,1-4H3,(H2-,15,18,20,21,22)/p+1. The van der Waals surface area contributed by atoms with Crippen molar-refractivity contribution in [3.05, 3.63) is 21.6 Å². The number of aromatic hydroxyl groups is 1. The second-order valence-electron chi connectivity index (χ2n) is 4.87. The molecule has 0 fully saturated rings. The minimum absolute atomic E-state index is 0.217. The molecule has 0 saturated heterocycles. The summed E-state index contributed by atoms with van der Waals surface area (Å²) < 4.78 is 4.80. The van der Waals surface area contributed by atoms with Gasteiger partial charge in [0, 0.05) is 19.2 Å². The minimum atomic E-state index is -0.990. The topological polar surface area (TPSA) is 119 Å². The Morgan fingerprint density at radius 2 is 2.00 bits per heavy atom. The molecule has 126 valence electrons. The Labute approximate surface area is 136 Å². The van der Waals surface area contributed by atoms with Crippen LogP contribution in [0.15, 0.2) is 6.07 Å². The van der Waals surface area contributed by atoms with Crippen LogP contribution < -0.4 is 10.1 Å². The molecule has 0 heterocycles. The number of phenolic OH excluding ortho intramolecular Hbond substituents is 1. The van der Waals surface area contributed by atoms with E-state index in [2.05, 4.69) is 5.32 Å². The van der Waals surface area contributed by atoms with E-state index in [1.807, 2.05) is 0 Å². The van der Waals surface area contributed by atoms with Crippen molar-refractivity contribution in [2.45, 2.75) is 19.9 Å². The summed E-state index contributed by atoms with van der Waals surface area (Å²) in [5.74, 6) is -1.99. The monoisotopic (exact) mass is 346 g/mol. The lowest BCUT2D eigenvalue weighted by Crippen LogP contribution is -2.44. The first kappa shape index (κ1) is 18.5. The van der Waals surface area contributed by atoms with Crippen molar-refractivity contribution < 1.29 is 29.6 Å². The van der Waals surface area contributed by atoms with Crippen LogP contribution in [-0.4, -0.2) is 52.3 Å². The molecule has 0 aliphatic rings. The van der Waals surface area contributed by atoms with Crippen molar-refractivity contribution in [2.24, 2.45) is 0 Å². The Bertz CT molecular complexity index is 662. The zero-order chi connectivity index (χ0) is 17.9. The zero-order valence-corrected chi connectivity index (χ0v) is 13.7. The highest BCUT2D eigenvalue weighted by atomic mass is 35.5. The number of benzene rings is 1. The molecule has 0 unspecified atom stereocenters. The van der Waals surface area contributed by atoms with E-state index in [-0.39, 0.29) is 16.8 Å². The van der Waals surface area contributed by atoms with Crippen LogP contribution in [0.2, 0.25) is 5.02 Å². The number of nitrogens with one attached hydrogen (secondary N) is 1. The van der Waals surface area contributed by atoms with Gasteiger partial charge in [-0.1, -0.05) is 11.6 Å². The maximum atomic E-state index is 12.4. The van der Waals surface area contributed by atoms with Crippen LogP contribution in [0.5, 0.6) is 11.5 Å². The highest BCUT2D eigenvalue weighted by molar-refractivity contribution is 6.35. The number of amides is 3. The van der Waals surface area contributed by atoms with Crippen molar-refractivity contribution in [1.29, 1.82) is 0 Å². The fourth-order valence-electron chi connectivity index (χ4n) is 1.75. The summed E-state index contributed by atoms with van der Waals surface area (Å²) in [5, 5.41) is 21.3. The van der Waals surface area contributed by atoms with Gasteiger partial charge in [0.05, 0.1) is 17.0 Å². The fourth-order valence-corrected chi connectivity index (χ4v) is 2.02. The minimum Gasteiger partial charge on any atom is -0.499 e. The van der Waals surface area contributed by atoms with E-state index in [0.717, 1.165) is 13.1 Å². The van der Waals surface area contributed by atoms with Gasteiger partial charge in [-0.3, -0.25) is 9.69 Å². The number of carbonyl (C=O) groups excluding carboxylic acids is 2. The van der Waals surface area contributed by atoms with Gasteiger partial charge in [-0.05, 0) is 13.8 Å². The van der Waals surface area contributed by atoms with E-state index >= 15 is 0 Å². The summed E-state index contributed by atoms with van der Waals surface area (Å²) in [6, 6.07) is 0.120. The SMILES string of the molecule is COc1cc(Cl)c(C(=O)N(C)C(=O)NC(C)C)c([N+](=O)O)c1O. The number of halogens is 1. The van der Waals surface area contributed by atoms with Crippen LogP contribution in [0.3, 0.4) is 0 Å². The smallest absolute Gasteiger partial charge is 0.375 e. The lowest BCUT2D eigenvalue weighted by molar-refractivity contribution is -0.730. The third kappa shape index (κ3) is 3.81. The molecule has 0 aliphatic heterocycles. The molecule has 9 nitrogen and oxygen atoms in total. The number of imide groups is 1. The zero-order valence-electron chi connectivity index (χ0n) is 13.0. The van der Waals surface area contributed by atoms with Crippen LogP contribution in [0.1, 0.15) is 24.2 Å². The molecule has 0 saturated carbocycles. The summed E-state index contributed by atoms with van der Waals surface area (Å²) in [4.78, 5) is 35.6. The van der Waals surface area contributed by atoms with Crippen LogP contribution in [0.25, 0.3) is 0 Å². The van der Waals surface area contributed by atoms with Crippen LogP contribution in [0, 0.1) is 4.91 Å². The van der Waals surface area contributed by atoms with Gasteiger partial charge in [-0.2, -0.15) is 0 Å². The molecule has 0 atom stereocenters. The first-order chi connectivity index (χ1) is 10.6. The molecule has 0 spiro atoms. The molecule has 3 N–H and O–H groups in total. The second kappa shape index (κ2) is 7.14. The third-order valence-corrected chi connectivity index (χ3v) is 3.14. The third-order valence-electron chi connectivity index (χ3n) is 2.84. The van der Waals surface area contributed by atoms with Gasteiger partial charge in [0.25, 0.3) is 10.8 Å². The Hall–Kier alpha value is -2.55. The maximum absolute atomic E-state index is 12.4. The molecule has 0 aliphatic carbocycles. The molecule has 1 aromatic rings. The van der Waals surface area contributed by atoms with Crippen LogP contribution in [-0.2, 0) is 0 Å². The van der Waals surface area contributed by atoms with E-state index in [1.54, 1.807) is 13.8 Å². The van der Waals surface area contributed by atoms with E-state index in [9.17, 15) is 24.8 Å². The number of nitrogens with zero attached hydrogens (tertiary/aromatic N) is 2. The highest BCUT2D eigenvalue weighted by Gasteiger charge is 2.37. The number of hydrogen-bond acceptors (Lipinski definition) is 5. The average molecular weight is 347 g/mol. The van der Waals surface area contributed by atoms with Crippen molar-refractivity contribution in [1.82, 2.24) is 10.2 Å². The predicted octanol–water partition coefficient (Wildman–Crippen LogP) is 2.04. The molecule has 23 heavy (non-hydrogen) atoms. The molecule has 0 bridgehead atoms. The normalized spacial score (nSPS) is 10.3. The van der Waals surface area contributed by atoms with Gasteiger partial charge in [0.2, 0.25) is 5.75 Å². The van der Waals surface area contributed by atoms with Gasteiger partial charge < -0.3 is 15.2 Å². The van der Waals surface area contributed by atoms with E-state index < -0.39 is 33.9 Å². The number of urea groups is 1. The number of phenols is 1. The fraction of sp³-hybridized carbons (Fsp3) is 0.385. The van der Waals surface area contributed by atoms with E-state index in [1.165, 1.54) is 7.11 Å². The highest BCUT2D eigenvalue weighted by Crippen LogP contribution is 2.42. The van der Waals surface area contributed by atoms with Gasteiger partial charge in [0.1, 0.15) is 5.56 Å². The van der Waals surface area contributed by atoms with Gasteiger partial charge in [-0.15, -0.1) is 0 Å². The van der Waals surface area contributed by atoms with Crippen molar-refractivity contribution in [2.75, 3.05) is 14.2 Å². The average Bonchev–Trinajstić information content (AvgIpc) is 2.45. The van der Waals surface area contributed by atoms with Crippen molar-refractivity contribution in [3.8, 4) is 11.5 Å². The molecular weight excluding hydrogens is 330 g/mol.